The van der Waals surface area contributed by atoms with E-state index in [1.165, 1.54) is 6.08 Å². The van der Waals surface area contributed by atoms with Crippen molar-refractivity contribution in [1.29, 1.82) is 0 Å². The van der Waals surface area contributed by atoms with Crippen LogP contribution in [0.3, 0.4) is 0 Å². The monoisotopic (exact) mass is 266 g/mol. The summed E-state index contributed by atoms with van der Waals surface area (Å²) in [4.78, 5) is 13.5. The topological polar surface area (TPSA) is 45.5 Å². The molecular formula is C13H18N2O2S. The van der Waals surface area contributed by atoms with Crippen LogP contribution in [0, 0.1) is 6.92 Å². The van der Waals surface area contributed by atoms with Gasteiger partial charge in [0.1, 0.15) is 11.5 Å². The van der Waals surface area contributed by atoms with E-state index in [0.717, 1.165) is 18.8 Å². The molecule has 1 rings (SSSR count). The average molecular weight is 266 g/mol. The summed E-state index contributed by atoms with van der Waals surface area (Å²) in [6, 6.07) is 3.65. The number of furan rings is 1. The van der Waals surface area contributed by atoms with E-state index in [2.05, 4.69) is 5.32 Å². The summed E-state index contributed by atoms with van der Waals surface area (Å²) in [7, 11) is 0. The molecule has 4 nitrogen and oxygen atoms in total. The van der Waals surface area contributed by atoms with Gasteiger partial charge in [0, 0.05) is 19.2 Å². The highest BCUT2D eigenvalue weighted by molar-refractivity contribution is 7.80. The number of hydrogen-bond acceptors (Lipinski definition) is 3. The van der Waals surface area contributed by atoms with E-state index in [9.17, 15) is 4.79 Å². The molecule has 0 unspecified atom stereocenters. The third-order valence-electron chi connectivity index (χ3n) is 2.44. The normalized spacial score (nSPS) is 10.6. The van der Waals surface area contributed by atoms with E-state index in [1.54, 1.807) is 6.08 Å². The Bertz CT molecular complexity index is 448. The number of nitrogens with zero attached hydrogens (tertiary/aromatic N) is 1. The summed E-state index contributed by atoms with van der Waals surface area (Å²) in [5.41, 5.74) is 0. The number of rotatable bonds is 4. The lowest BCUT2D eigenvalue weighted by Crippen LogP contribution is -2.41. The Morgan fingerprint density at radius 1 is 1.44 bits per heavy atom. The minimum Gasteiger partial charge on any atom is -0.462 e. The highest BCUT2D eigenvalue weighted by Crippen LogP contribution is 2.07. The summed E-state index contributed by atoms with van der Waals surface area (Å²) >= 11 is 5.12. The number of hydrogen-bond donors (Lipinski definition) is 1. The second-order valence-electron chi connectivity index (χ2n) is 3.75. The Balaban J connectivity index is 2.51. The fourth-order valence-corrected chi connectivity index (χ4v) is 1.80. The molecule has 0 aromatic carbocycles. The molecule has 98 valence electrons. The van der Waals surface area contributed by atoms with Gasteiger partial charge in [0.25, 0.3) is 0 Å². The second-order valence-corrected chi connectivity index (χ2v) is 4.14. The van der Waals surface area contributed by atoms with Gasteiger partial charge in [-0.1, -0.05) is 0 Å². The minimum absolute atomic E-state index is 0.249. The Labute approximate surface area is 113 Å². The van der Waals surface area contributed by atoms with Crippen molar-refractivity contribution < 1.29 is 9.21 Å². The lowest BCUT2D eigenvalue weighted by molar-refractivity contribution is -0.115. The first kappa shape index (κ1) is 14.4. The lowest BCUT2D eigenvalue weighted by Gasteiger charge is -2.21. The zero-order chi connectivity index (χ0) is 13.5. The smallest absolute Gasteiger partial charge is 0.250 e. The van der Waals surface area contributed by atoms with E-state index < -0.39 is 0 Å². The van der Waals surface area contributed by atoms with E-state index in [-0.39, 0.29) is 5.91 Å². The van der Waals surface area contributed by atoms with Crippen LogP contribution in [-0.4, -0.2) is 29.0 Å². The molecule has 1 aromatic rings. The maximum absolute atomic E-state index is 11.6. The molecule has 0 aliphatic heterocycles. The van der Waals surface area contributed by atoms with E-state index in [0.29, 0.717) is 10.9 Å². The molecule has 0 aliphatic carbocycles. The van der Waals surface area contributed by atoms with Gasteiger partial charge in [0.15, 0.2) is 5.11 Å². The van der Waals surface area contributed by atoms with Crippen molar-refractivity contribution in [2.24, 2.45) is 0 Å². The SMILES string of the molecule is CCN(CC)C(=S)NC(=O)/C=C/c1ccc(C)o1. The average Bonchev–Trinajstić information content (AvgIpc) is 2.74. The first-order chi connectivity index (χ1) is 8.56. The van der Waals surface area contributed by atoms with Crippen LogP contribution in [0.2, 0.25) is 0 Å². The summed E-state index contributed by atoms with van der Waals surface area (Å²) < 4.78 is 5.32. The van der Waals surface area contributed by atoms with E-state index in [4.69, 9.17) is 16.6 Å². The molecule has 0 radical (unpaired) electrons. The molecular weight excluding hydrogens is 248 g/mol. The molecule has 18 heavy (non-hydrogen) atoms. The van der Waals surface area contributed by atoms with Gasteiger partial charge in [-0.3, -0.25) is 10.1 Å². The van der Waals surface area contributed by atoms with E-state index >= 15 is 0 Å². The maximum Gasteiger partial charge on any atom is 0.250 e. The van der Waals surface area contributed by atoms with Crippen LogP contribution < -0.4 is 5.32 Å². The zero-order valence-electron chi connectivity index (χ0n) is 10.9. The maximum atomic E-state index is 11.6. The molecule has 5 heteroatoms. The van der Waals surface area contributed by atoms with Crippen molar-refractivity contribution in [2.45, 2.75) is 20.8 Å². The first-order valence-electron chi connectivity index (χ1n) is 5.91. The predicted molar refractivity (Wildman–Crippen MR) is 76.1 cm³/mol. The molecule has 1 aromatic heterocycles. The Hall–Kier alpha value is -1.62. The largest absolute Gasteiger partial charge is 0.462 e. The van der Waals surface area contributed by atoms with Gasteiger partial charge in [-0.2, -0.15) is 0 Å². The number of amides is 1. The van der Waals surface area contributed by atoms with Crippen LogP contribution in [0.15, 0.2) is 22.6 Å². The van der Waals surface area contributed by atoms with Gasteiger partial charge in [0.05, 0.1) is 0 Å². The number of carbonyl (C=O) groups is 1. The molecule has 1 N–H and O–H groups in total. The van der Waals surface area contributed by atoms with Gasteiger partial charge >= 0.3 is 0 Å². The van der Waals surface area contributed by atoms with Gasteiger partial charge in [0.2, 0.25) is 5.91 Å². The van der Waals surface area contributed by atoms with Crippen LogP contribution in [0.5, 0.6) is 0 Å². The summed E-state index contributed by atoms with van der Waals surface area (Å²) in [5.74, 6) is 1.21. The summed E-state index contributed by atoms with van der Waals surface area (Å²) in [6.45, 7) is 7.38. The highest BCUT2D eigenvalue weighted by atomic mass is 32.1. The molecule has 0 spiro atoms. The molecule has 0 saturated heterocycles. The van der Waals surface area contributed by atoms with Gasteiger partial charge in [-0.25, -0.2) is 0 Å². The molecule has 1 heterocycles. The third-order valence-corrected chi connectivity index (χ3v) is 2.80. The Kier molecular flexibility index (Phi) is 5.58. The van der Waals surface area contributed by atoms with Crippen molar-refractivity contribution in [2.75, 3.05) is 13.1 Å². The van der Waals surface area contributed by atoms with Crippen molar-refractivity contribution in [3.05, 3.63) is 29.7 Å². The first-order valence-corrected chi connectivity index (χ1v) is 6.32. The van der Waals surface area contributed by atoms with Crippen LogP contribution in [-0.2, 0) is 4.79 Å². The van der Waals surface area contributed by atoms with Crippen molar-refractivity contribution in [1.82, 2.24) is 10.2 Å². The van der Waals surface area contributed by atoms with E-state index in [1.807, 2.05) is 37.8 Å². The van der Waals surface area contributed by atoms with Gasteiger partial charge in [-0.05, 0) is 51.2 Å². The molecule has 0 fully saturated rings. The molecule has 0 bridgehead atoms. The van der Waals surface area contributed by atoms with Crippen LogP contribution >= 0.6 is 12.2 Å². The number of nitrogens with one attached hydrogen (secondary N) is 1. The van der Waals surface area contributed by atoms with Gasteiger partial charge < -0.3 is 9.32 Å². The number of carbonyl (C=O) groups excluding carboxylic acids is 1. The Morgan fingerprint density at radius 2 is 2.11 bits per heavy atom. The Morgan fingerprint density at radius 3 is 2.61 bits per heavy atom. The van der Waals surface area contributed by atoms with Crippen molar-refractivity contribution in [3.8, 4) is 0 Å². The molecule has 1 amide bonds. The minimum atomic E-state index is -0.249. The summed E-state index contributed by atoms with van der Waals surface area (Å²) in [5, 5.41) is 3.10. The van der Waals surface area contributed by atoms with Crippen LogP contribution in [0.4, 0.5) is 0 Å². The fourth-order valence-electron chi connectivity index (χ4n) is 1.44. The fraction of sp³-hybridized carbons (Fsp3) is 0.385. The summed E-state index contributed by atoms with van der Waals surface area (Å²) in [6.07, 6.45) is 3.03. The van der Waals surface area contributed by atoms with Gasteiger partial charge in [-0.15, -0.1) is 0 Å². The zero-order valence-corrected chi connectivity index (χ0v) is 11.7. The molecule has 0 saturated carbocycles. The van der Waals surface area contributed by atoms with Crippen molar-refractivity contribution in [3.63, 3.8) is 0 Å². The van der Waals surface area contributed by atoms with Crippen molar-refractivity contribution >= 4 is 29.3 Å². The van der Waals surface area contributed by atoms with Crippen LogP contribution in [0.1, 0.15) is 25.4 Å². The predicted octanol–water partition coefficient (Wildman–Crippen LogP) is 2.34. The third kappa shape index (κ3) is 4.33. The number of thiocarbonyl (C=S) groups is 1. The quantitative estimate of drug-likeness (QED) is 0.671. The lowest BCUT2D eigenvalue weighted by atomic mass is 10.4. The molecule has 0 aliphatic rings. The second kappa shape index (κ2) is 6.96. The van der Waals surface area contributed by atoms with Crippen LogP contribution in [0.25, 0.3) is 6.08 Å². The standard InChI is InChI=1S/C13H18N2O2S/c1-4-15(5-2)13(18)14-12(16)9-8-11-7-6-10(3)17-11/h6-9H,4-5H2,1-3H3,(H,14,16,18)/b9-8+. The highest BCUT2D eigenvalue weighted by Gasteiger charge is 2.07. The number of aryl methyl sites for hydroxylation is 1. The molecule has 0 atom stereocenters.